The van der Waals surface area contributed by atoms with Crippen LogP contribution in [0.5, 0.6) is 0 Å². The van der Waals surface area contributed by atoms with Crippen LogP contribution in [0.15, 0.2) is 24.3 Å². The lowest BCUT2D eigenvalue weighted by Crippen LogP contribution is -2.00. The summed E-state index contributed by atoms with van der Waals surface area (Å²) in [6.45, 7) is 2.26. The molecule has 0 aliphatic carbocycles. The summed E-state index contributed by atoms with van der Waals surface area (Å²) in [7, 11) is 0. The summed E-state index contributed by atoms with van der Waals surface area (Å²) in [6.07, 6.45) is 8.00. The van der Waals surface area contributed by atoms with Crippen LogP contribution < -0.4 is 0 Å². The average molecular weight is 318 g/mol. The smallest absolute Gasteiger partial charge is 0.0408 e. The second-order valence-electron chi connectivity index (χ2n) is 4.61. The van der Waals surface area contributed by atoms with Crippen molar-refractivity contribution in [2.45, 2.75) is 51.4 Å². The molecule has 0 spiro atoms. The molecule has 1 atom stereocenters. The predicted octanol–water partition coefficient (Wildman–Crippen LogP) is 6.18. The van der Waals surface area contributed by atoms with Crippen LogP contribution in [0, 0.1) is 0 Å². The Morgan fingerprint density at radius 2 is 1.94 bits per heavy atom. The van der Waals surface area contributed by atoms with Crippen molar-refractivity contribution in [3.05, 3.63) is 34.9 Å². The lowest BCUT2D eigenvalue weighted by atomic mass is 9.95. The van der Waals surface area contributed by atoms with Crippen LogP contribution >= 0.6 is 27.5 Å². The van der Waals surface area contributed by atoms with Crippen molar-refractivity contribution < 1.29 is 0 Å². The molecule has 1 aromatic carbocycles. The molecule has 0 saturated heterocycles. The van der Waals surface area contributed by atoms with Crippen LogP contribution in [0.2, 0.25) is 5.02 Å². The van der Waals surface area contributed by atoms with Gasteiger partial charge in [0, 0.05) is 10.4 Å². The molecule has 0 aliphatic heterocycles. The van der Waals surface area contributed by atoms with E-state index in [0.29, 0.717) is 5.92 Å². The van der Waals surface area contributed by atoms with Crippen molar-refractivity contribution >= 4 is 27.5 Å². The van der Waals surface area contributed by atoms with Gasteiger partial charge in [0.25, 0.3) is 0 Å². The van der Waals surface area contributed by atoms with E-state index in [1.807, 2.05) is 12.1 Å². The molecular weight excluding hydrogens is 296 g/mol. The van der Waals surface area contributed by atoms with E-state index in [9.17, 15) is 0 Å². The van der Waals surface area contributed by atoms with Gasteiger partial charge >= 0.3 is 0 Å². The van der Waals surface area contributed by atoms with Crippen LogP contribution in [0.1, 0.15) is 56.9 Å². The first-order valence-corrected chi connectivity index (χ1v) is 8.09. The van der Waals surface area contributed by atoms with Gasteiger partial charge in [-0.15, -0.1) is 0 Å². The monoisotopic (exact) mass is 316 g/mol. The van der Waals surface area contributed by atoms with Gasteiger partial charge in [0.05, 0.1) is 0 Å². The number of hydrogen-bond donors (Lipinski definition) is 0. The van der Waals surface area contributed by atoms with E-state index in [-0.39, 0.29) is 0 Å². The molecule has 0 aliphatic rings. The highest BCUT2D eigenvalue weighted by atomic mass is 79.9. The molecule has 0 nitrogen and oxygen atoms in total. The highest BCUT2D eigenvalue weighted by molar-refractivity contribution is 9.09. The number of halogens is 2. The maximum absolute atomic E-state index is 6.03. The van der Waals surface area contributed by atoms with Gasteiger partial charge in [0.2, 0.25) is 0 Å². The second kappa shape index (κ2) is 8.99. The van der Waals surface area contributed by atoms with Gasteiger partial charge in [0.1, 0.15) is 0 Å². The molecule has 1 rings (SSSR count). The van der Waals surface area contributed by atoms with Crippen molar-refractivity contribution in [2.75, 3.05) is 5.33 Å². The molecule has 0 fully saturated rings. The summed E-state index contributed by atoms with van der Waals surface area (Å²) in [5.41, 5.74) is 1.37. The Kier molecular flexibility index (Phi) is 7.96. The summed E-state index contributed by atoms with van der Waals surface area (Å²) >= 11 is 9.65. The van der Waals surface area contributed by atoms with Crippen molar-refractivity contribution in [1.29, 1.82) is 0 Å². The maximum Gasteiger partial charge on any atom is 0.0408 e. The SMILES string of the molecule is CCCCCCCC(CBr)c1cccc(Cl)c1. The van der Waals surface area contributed by atoms with Crippen molar-refractivity contribution in [1.82, 2.24) is 0 Å². The molecule has 0 radical (unpaired) electrons. The second-order valence-corrected chi connectivity index (χ2v) is 5.69. The van der Waals surface area contributed by atoms with E-state index in [0.717, 1.165) is 10.4 Å². The fourth-order valence-corrected chi connectivity index (χ4v) is 2.98. The molecule has 17 heavy (non-hydrogen) atoms. The first kappa shape index (κ1) is 15.0. The fourth-order valence-electron chi connectivity index (χ4n) is 2.09. The molecule has 0 amide bonds. The molecule has 0 saturated carbocycles. The van der Waals surface area contributed by atoms with E-state index in [4.69, 9.17) is 11.6 Å². The zero-order chi connectivity index (χ0) is 12.5. The van der Waals surface area contributed by atoms with Crippen molar-refractivity contribution in [3.8, 4) is 0 Å². The molecule has 0 N–H and O–H groups in total. The molecule has 1 unspecified atom stereocenters. The minimum Gasteiger partial charge on any atom is -0.0921 e. The van der Waals surface area contributed by atoms with Gasteiger partial charge in [-0.2, -0.15) is 0 Å². The minimum absolute atomic E-state index is 0.607. The summed E-state index contributed by atoms with van der Waals surface area (Å²) in [5.74, 6) is 0.607. The summed E-state index contributed by atoms with van der Waals surface area (Å²) in [5, 5.41) is 1.88. The molecule has 2 heteroatoms. The maximum atomic E-state index is 6.03. The lowest BCUT2D eigenvalue weighted by Gasteiger charge is -2.14. The molecule has 0 heterocycles. The van der Waals surface area contributed by atoms with Crippen LogP contribution in [0.4, 0.5) is 0 Å². The largest absolute Gasteiger partial charge is 0.0921 e. The Morgan fingerprint density at radius 1 is 1.18 bits per heavy atom. The van der Waals surface area contributed by atoms with Crippen LogP contribution in [0.25, 0.3) is 0 Å². The number of rotatable bonds is 8. The van der Waals surface area contributed by atoms with Crippen molar-refractivity contribution in [2.24, 2.45) is 0 Å². The molecular formula is C15H22BrCl. The highest BCUT2D eigenvalue weighted by Gasteiger charge is 2.09. The first-order valence-electron chi connectivity index (χ1n) is 6.59. The van der Waals surface area contributed by atoms with Gasteiger partial charge in [-0.3, -0.25) is 0 Å². The van der Waals surface area contributed by atoms with E-state index >= 15 is 0 Å². The average Bonchev–Trinajstić information content (AvgIpc) is 2.34. The van der Waals surface area contributed by atoms with E-state index in [1.54, 1.807) is 0 Å². The summed E-state index contributed by atoms with van der Waals surface area (Å²) < 4.78 is 0. The van der Waals surface area contributed by atoms with Crippen LogP contribution in [0.3, 0.4) is 0 Å². The van der Waals surface area contributed by atoms with Gasteiger partial charge in [-0.25, -0.2) is 0 Å². The first-order chi connectivity index (χ1) is 8.27. The van der Waals surface area contributed by atoms with E-state index in [2.05, 4.69) is 35.0 Å². The van der Waals surface area contributed by atoms with Crippen molar-refractivity contribution in [3.63, 3.8) is 0 Å². The Hall–Kier alpha value is -0.0100. The zero-order valence-corrected chi connectivity index (χ0v) is 12.9. The van der Waals surface area contributed by atoms with Gasteiger partial charge in [-0.1, -0.05) is 78.7 Å². The van der Waals surface area contributed by atoms with Crippen LogP contribution in [-0.2, 0) is 0 Å². The van der Waals surface area contributed by atoms with Gasteiger partial charge in [0.15, 0.2) is 0 Å². The van der Waals surface area contributed by atoms with Crippen LogP contribution in [-0.4, -0.2) is 5.33 Å². The molecule has 96 valence electrons. The van der Waals surface area contributed by atoms with E-state index < -0.39 is 0 Å². The zero-order valence-electron chi connectivity index (χ0n) is 10.6. The molecule has 1 aromatic rings. The normalized spacial score (nSPS) is 12.6. The topological polar surface area (TPSA) is 0 Å². The van der Waals surface area contributed by atoms with Gasteiger partial charge < -0.3 is 0 Å². The Balaban J connectivity index is 2.38. The summed E-state index contributed by atoms with van der Waals surface area (Å²) in [6, 6.07) is 8.27. The Labute approximate surface area is 119 Å². The third kappa shape index (κ3) is 5.92. The fraction of sp³-hybridized carbons (Fsp3) is 0.600. The van der Waals surface area contributed by atoms with Gasteiger partial charge in [-0.05, 0) is 30.0 Å². The standard InChI is InChI=1S/C15H22BrCl/c1-2-3-4-5-6-8-14(12-16)13-9-7-10-15(17)11-13/h7,9-11,14H,2-6,8,12H2,1H3. The Bertz CT molecular complexity index is 312. The third-order valence-electron chi connectivity index (χ3n) is 3.16. The Morgan fingerprint density at radius 3 is 2.59 bits per heavy atom. The van der Waals surface area contributed by atoms with E-state index in [1.165, 1.54) is 44.1 Å². The number of benzene rings is 1. The summed E-state index contributed by atoms with van der Waals surface area (Å²) in [4.78, 5) is 0. The molecule has 0 aromatic heterocycles. The number of unbranched alkanes of at least 4 members (excludes halogenated alkanes) is 4. The third-order valence-corrected chi connectivity index (χ3v) is 4.18. The molecule has 0 bridgehead atoms. The predicted molar refractivity (Wildman–Crippen MR) is 81.4 cm³/mol. The highest BCUT2D eigenvalue weighted by Crippen LogP contribution is 2.26. The quantitative estimate of drug-likeness (QED) is 0.397. The number of alkyl halides is 1. The lowest BCUT2D eigenvalue weighted by molar-refractivity contribution is 0.571. The number of hydrogen-bond acceptors (Lipinski definition) is 0. The minimum atomic E-state index is 0.607.